The molecule has 0 aliphatic rings. The molecule has 0 amide bonds. The van der Waals surface area contributed by atoms with E-state index in [0.717, 1.165) is 10.8 Å². The number of nitrogens with zero attached hydrogens (tertiary/aromatic N) is 1. The summed E-state index contributed by atoms with van der Waals surface area (Å²) in [5.74, 6) is 2.11. The largest absolute Gasteiger partial charge is 0.493 e. The van der Waals surface area contributed by atoms with Gasteiger partial charge in [-0.15, -0.1) is 0 Å². The molecule has 0 saturated heterocycles. The number of methoxy groups -OCH3 is 4. The number of fused-ring (bicyclic) bond motifs is 1. The molecule has 0 unspecified atom stereocenters. The van der Waals surface area contributed by atoms with E-state index >= 15 is 0 Å². The average molecular weight is 370 g/mol. The SMILES string of the molecule is COc1cc(N)c([C@H](O)c2nccc3cc(OC)c(OC)cc23)cc1OC. The molecule has 7 nitrogen and oxygen atoms in total. The van der Waals surface area contributed by atoms with Gasteiger partial charge in [0, 0.05) is 28.9 Å². The van der Waals surface area contributed by atoms with Crippen molar-refractivity contribution in [3.05, 3.63) is 47.8 Å². The summed E-state index contributed by atoms with van der Waals surface area (Å²) in [6.07, 6.45) is 0.565. The standard InChI is InChI=1S/C20H22N2O5/c1-24-15-7-11-5-6-22-19(12(11)8-16(15)25-2)20(23)13-9-17(26-3)18(27-4)10-14(13)21/h5-10,20,23H,21H2,1-4H3/t20-/m0/s1. The van der Waals surface area contributed by atoms with Gasteiger partial charge in [-0.1, -0.05) is 0 Å². The van der Waals surface area contributed by atoms with Gasteiger partial charge < -0.3 is 29.8 Å². The fourth-order valence-electron chi connectivity index (χ4n) is 3.03. The molecule has 1 aromatic heterocycles. The molecule has 7 heteroatoms. The number of ether oxygens (including phenoxy) is 4. The molecule has 0 spiro atoms. The van der Waals surface area contributed by atoms with Gasteiger partial charge in [-0.3, -0.25) is 4.98 Å². The molecule has 1 atom stereocenters. The quantitative estimate of drug-likeness (QED) is 0.644. The molecular weight excluding hydrogens is 348 g/mol. The highest BCUT2D eigenvalue weighted by molar-refractivity contribution is 5.88. The zero-order valence-corrected chi connectivity index (χ0v) is 15.6. The smallest absolute Gasteiger partial charge is 0.162 e. The second-order valence-electron chi connectivity index (χ2n) is 5.86. The van der Waals surface area contributed by atoms with E-state index in [2.05, 4.69) is 4.98 Å². The number of pyridine rings is 1. The predicted molar refractivity (Wildman–Crippen MR) is 103 cm³/mol. The molecule has 142 valence electrons. The number of nitrogens with two attached hydrogens (primary N) is 1. The van der Waals surface area contributed by atoms with Gasteiger partial charge in [-0.2, -0.15) is 0 Å². The van der Waals surface area contributed by atoms with Crippen LogP contribution in [-0.2, 0) is 0 Å². The highest BCUT2D eigenvalue weighted by Crippen LogP contribution is 2.39. The van der Waals surface area contributed by atoms with Gasteiger partial charge in [0.25, 0.3) is 0 Å². The Labute approximate surface area is 157 Å². The number of anilines is 1. The van der Waals surface area contributed by atoms with Crippen molar-refractivity contribution in [3.63, 3.8) is 0 Å². The minimum atomic E-state index is -1.06. The van der Waals surface area contributed by atoms with Crippen molar-refractivity contribution >= 4 is 16.5 Å². The fourth-order valence-corrected chi connectivity index (χ4v) is 3.03. The maximum Gasteiger partial charge on any atom is 0.162 e. The van der Waals surface area contributed by atoms with Gasteiger partial charge >= 0.3 is 0 Å². The lowest BCUT2D eigenvalue weighted by Crippen LogP contribution is -2.08. The van der Waals surface area contributed by atoms with E-state index in [1.165, 1.54) is 14.2 Å². The zero-order chi connectivity index (χ0) is 19.6. The van der Waals surface area contributed by atoms with E-state index in [1.807, 2.05) is 12.1 Å². The Morgan fingerprint density at radius 3 is 2.04 bits per heavy atom. The molecule has 3 aromatic rings. The van der Waals surface area contributed by atoms with Crippen molar-refractivity contribution in [1.29, 1.82) is 0 Å². The lowest BCUT2D eigenvalue weighted by molar-refractivity contribution is 0.217. The Balaban J connectivity index is 2.17. The Kier molecular flexibility index (Phi) is 5.23. The summed E-state index contributed by atoms with van der Waals surface area (Å²) in [5, 5.41) is 12.6. The molecule has 0 aliphatic carbocycles. The van der Waals surface area contributed by atoms with Crippen LogP contribution in [0.3, 0.4) is 0 Å². The van der Waals surface area contributed by atoms with Crippen LogP contribution in [0.25, 0.3) is 10.8 Å². The van der Waals surface area contributed by atoms with Crippen LogP contribution < -0.4 is 24.7 Å². The van der Waals surface area contributed by atoms with Crippen LogP contribution in [-0.4, -0.2) is 38.5 Å². The van der Waals surface area contributed by atoms with Crippen molar-refractivity contribution < 1.29 is 24.1 Å². The van der Waals surface area contributed by atoms with Crippen molar-refractivity contribution in [2.24, 2.45) is 0 Å². The fraction of sp³-hybridized carbons (Fsp3) is 0.250. The Hall–Kier alpha value is -3.19. The van der Waals surface area contributed by atoms with Crippen molar-refractivity contribution in [1.82, 2.24) is 4.98 Å². The molecule has 0 radical (unpaired) electrons. The Morgan fingerprint density at radius 1 is 0.852 bits per heavy atom. The molecule has 2 aromatic carbocycles. The van der Waals surface area contributed by atoms with E-state index < -0.39 is 6.10 Å². The van der Waals surface area contributed by atoms with E-state index in [4.69, 9.17) is 24.7 Å². The summed E-state index contributed by atoms with van der Waals surface area (Å²) in [4.78, 5) is 4.38. The summed E-state index contributed by atoms with van der Waals surface area (Å²) in [6, 6.07) is 8.73. The van der Waals surface area contributed by atoms with Crippen LogP contribution in [0.15, 0.2) is 36.5 Å². The Bertz CT molecular complexity index is 974. The van der Waals surface area contributed by atoms with Crippen molar-refractivity contribution in [2.45, 2.75) is 6.10 Å². The number of nitrogen functional groups attached to an aromatic ring is 1. The summed E-state index contributed by atoms with van der Waals surface area (Å²) in [6.45, 7) is 0. The maximum absolute atomic E-state index is 11.0. The number of aliphatic hydroxyl groups is 1. The Morgan fingerprint density at radius 2 is 1.41 bits per heavy atom. The molecule has 3 N–H and O–H groups in total. The predicted octanol–water partition coefficient (Wildman–Crippen LogP) is 2.93. The zero-order valence-electron chi connectivity index (χ0n) is 15.6. The lowest BCUT2D eigenvalue weighted by atomic mass is 9.98. The molecule has 3 rings (SSSR count). The number of benzene rings is 2. The first-order chi connectivity index (χ1) is 13.0. The first-order valence-corrected chi connectivity index (χ1v) is 8.24. The van der Waals surface area contributed by atoms with Gasteiger partial charge in [0.15, 0.2) is 23.0 Å². The average Bonchev–Trinajstić information content (AvgIpc) is 2.71. The lowest BCUT2D eigenvalue weighted by Gasteiger charge is -2.18. The summed E-state index contributed by atoms with van der Waals surface area (Å²) in [5.41, 5.74) is 7.44. The van der Waals surface area contributed by atoms with Crippen molar-refractivity contribution in [3.8, 4) is 23.0 Å². The van der Waals surface area contributed by atoms with Crippen LogP contribution in [0.5, 0.6) is 23.0 Å². The highest BCUT2D eigenvalue weighted by Gasteiger charge is 2.21. The van der Waals surface area contributed by atoms with Gasteiger partial charge in [0.2, 0.25) is 0 Å². The van der Waals surface area contributed by atoms with Crippen LogP contribution in [0, 0.1) is 0 Å². The minimum absolute atomic E-state index is 0.374. The van der Waals surface area contributed by atoms with E-state index in [-0.39, 0.29) is 0 Å². The second kappa shape index (κ2) is 7.59. The molecule has 1 heterocycles. The summed E-state index contributed by atoms with van der Waals surface area (Å²) < 4.78 is 21.3. The third-order valence-electron chi connectivity index (χ3n) is 4.44. The summed E-state index contributed by atoms with van der Waals surface area (Å²) in [7, 11) is 6.18. The van der Waals surface area contributed by atoms with Crippen LogP contribution in [0.1, 0.15) is 17.4 Å². The summed E-state index contributed by atoms with van der Waals surface area (Å²) >= 11 is 0. The number of hydrogen-bond donors (Lipinski definition) is 2. The van der Waals surface area contributed by atoms with Gasteiger partial charge in [-0.25, -0.2) is 0 Å². The second-order valence-corrected chi connectivity index (χ2v) is 5.86. The third kappa shape index (κ3) is 3.29. The minimum Gasteiger partial charge on any atom is -0.493 e. The van der Waals surface area contributed by atoms with Crippen LogP contribution >= 0.6 is 0 Å². The van der Waals surface area contributed by atoms with E-state index in [0.29, 0.717) is 39.9 Å². The number of aromatic nitrogens is 1. The molecule has 27 heavy (non-hydrogen) atoms. The number of aliphatic hydroxyl groups excluding tert-OH is 1. The molecule has 0 bridgehead atoms. The van der Waals surface area contributed by atoms with Crippen LogP contribution in [0.2, 0.25) is 0 Å². The maximum atomic E-state index is 11.0. The van der Waals surface area contributed by atoms with Crippen LogP contribution in [0.4, 0.5) is 5.69 Å². The van der Waals surface area contributed by atoms with Gasteiger partial charge in [0.1, 0.15) is 6.10 Å². The monoisotopic (exact) mass is 370 g/mol. The number of hydrogen-bond acceptors (Lipinski definition) is 7. The molecule has 0 saturated carbocycles. The normalized spacial score (nSPS) is 11.9. The highest BCUT2D eigenvalue weighted by atomic mass is 16.5. The third-order valence-corrected chi connectivity index (χ3v) is 4.44. The molecule has 0 aliphatic heterocycles. The van der Waals surface area contributed by atoms with Crippen molar-refractivity contribution in [2.75, 3.05) is 34.2 Å². The molecule has 0 fully saturated rings. The van der Waals surface area contributed by atoms with Gasteiger partial charge in [0.05, 0.1) is 34.1 Å². The number of rotatable bonds is 6. The van der Waals surface area contributed by atoms with E-state index in [1.54, 1.807) is 38.6 Å². The first-order valence-electron chi connectivity index (χ1n) is 8.24. The van der Waals surface area contributed by atoms with E-state index in [9.17, 15) is 5.11 Å². The molecular formula is C20H22N2O5. The van der Waals surface area contributed by atoms with Gasteiger partial charge in [-0.05, 0) is 29.7 Å². The topological polar surface area (TPSA) is 96.1 Å². The first kappa shape index (κ1) is 18.6.